The SMILES string of the molecule is Cn1ccnc1CCC(CBr)c1cccc(F)c1. The molecule has 18 heavy (non-hydrogen) atoms. The van der Waals surface area contributed by atoms with Gasteiger partial charge in [-0.05, 0) is 30.0 Å². The molecule has 0 aliphatic heterocycles. The number of aromatic nitrogens is 2. The highest BCUT2D eigenvalue weighted by atomic mass is 79.9. The maximum atomic E-state index is 13.2. The van der Waals surface area contributed by atoms with Gasteiger partial charge in [0.05, 0.1) is 0 Å². The van der Waals surface area contributed by atoms with Crippen LogP contribution in [0.25, 0.3) is 0 Å². The number of aryl methyl sites for hydroxylation is 2. The van der Waals surface area contributed by atoms with Gasteiger partial charge >= 0.3 is 0 Å². The van der Waals surface area contributed by atoms with Crippen LogP contribution in [0.15, 0.2) is 36.7 Å². The van der Waals surface area contributed by atoms with E-state index in [1.54, 1.807) is 18.3 Å². The van der Waals surface area contributed by atoms with E-state index in [2.05, 4.69) is 20.9 Å². The van der Waals surface area contributed by atoms with Crippen LogP contribution >= 0.6 is 15.9 Å². The van der Waals surface area contributed by atoms with Crippen LogP contribution in [0.3, 0.4) is 0 Å². The molecule has 0 saturated heterocycles. The van der Waals surface area contributed by atoms with E-state index in [0.717, 1.165) is 29.6 Å². The topological polar surface area (TPSA) is 17.8 Å². The fourth-order valence-corrected chi connectivity index (χ4v) is 2.73. The molecule has 0 amide bonds. The van der Waals surface area contributed by atoms with Gasteiger partial charge in [-0.3, -0.25) is 0 Å². The molecule has 1 heterocycles. The summed E-state index contributed by atoms with van der Waals surface area (Å²) in [6, 6.07) is 6.84. The quantitative estimate of drug-likeness (QED) is 0.770. The number of imidazole rings is 1. The van der Waals surface area contributed by atoms with Crippen molar-refractivity contribution in [3.05, 3.63) is 53.9 Å². The van der Waals surface area contributed by atoms with Gasteiger partial charge in [-0.2, -0.15) is 0 Å². The molecule has 0 aliphatic carbocycles. The van der Waals surface area contributed by atoms with Gasteiger partial charge in [0.15, 0.2) is 0 Å². The monoisotopic (exact) mass is 310 g/mol. The first-order valence-corrected chi connectivity index (χ1v) is 7.10. The van der Waals surface area contributed by atoms with Crippen LogP contribution in [0, 0.1) is 5.82 Å². The van der Waals surface area contributed by atoms with Crippen molar-refractivity contribution < 1.29 is 4.39 Å². The van der Waals surface area contributed by atoms with Crippen molar-refractivity contribution in [2.75, 3.05) is 5.33 Å². The largest absolute Gasteiger partial charge is 0.338 e. The van der Waals surface area contributed by atoms with E-state index >= 15 is 0 Å². The van der Waals surface area contributed by atoms with Crippen LogP contribution in [0.4, 0.5) is 4.39 Å². The first kappa shape index (κ1) is 13.3. The van der Waals surface area contributed by atoms with E-state index in [1.165, 1.54) is 6.07 Å². The van der Waals surface area contributed by atoms with Gasteiger partial charge in [0.1, 0.15) is 11.6 Å². The number of nitrogens with zero attached hydrogens (tertiary/aromatic N) is 2. The first-order chi connectivity index (χ1) is 8.70. The van der Waals surface area contributed by atoms with Gasteiger partial charge in [-0.25, -0.2) is 9.37 Å². The standard InChI is InChI=1S/C14H16BrFN2/c1-18-8-7-17-14(18)6-5-12(10-15)11-3-2-4-13(16)9-11/h2-4,7-9,12H,5-6,10H2,1H3. The number of benzene rings is 1. The zero-order valence-electron chi connectivity index (χ0n) is 10.3. The van der Waals surface area contributed by atoms with Crippen molar-refractivity contribution in [1.82, 2.24) is 9.55 Å². The lowest BCUT2D eigenvalue weighted by molar-refractivity contribution is 0.612. The summed E-state index contributed by atoms with van der Waals surface area (Å²) in [6.45, 7) is 0. The van der Waals surface area contributed by atoms with Gasteiger partial charge in [0.2, 0.25) is 0 Å². The molecule has 96 valence electrons. The second-order valence-electron chi connectivity index (χ2n) is 4.40. The summed E-state index contributed by atoms with van der Waals surface area (Å²) in [5, 5.41) is 0.834. The summed E-state index contributed by atoms with van der Waals surface area (Å²) in [7, 11) is 1.99. The zero-order valence-corrected chi connectivity index (χ0v) is 11.9. The maximum Gasteiger partial charge on any atom is 0.123 e. The molecule has 0 spiro atoms. The Bertz CT molecular complexity index is 510. The molecule has 2 aromatic rings. The van der Waals surface area contributed by atoms with E-state index in [-0.39, 0.29) is 5.82 Å². The Morgan fingerprint density at radius 1 is 1.44 bits per heavy atom. The smallest absolute Gasteiger partial charge is 0.123 e. The van der Waals surface area contributed by atoms with E-state index in [4.69, 9.17) is 0 Å². The fraction of sp³-hybridized carbons (Fsp3) is 0.357. The van der Waals surface area contributed by atoms with Gasteiger partial charge < -0.3 is 4.57 Å². The third-order valence-corrected chi connectivity index (χ3v) is 3.93. The Morgan fingerprint density at radius 2 is 2.28 bits per heavy atom. The lowest BCUT2D eigenvalue weighted by Gasteiger charge is -2.14. The van der Waals surface area contributed by atoms with Crippen LogP contribution in [-0.2, 0) is 13.5 Å². The van der Waals surface area contributed by atoms with Crippen molar-refractivity contribution in [2.24, 2.45) is 7.05 Å². The molecular formula is C14H16BrFN2. The Balaban J connectivity index is 2.04. The maximum absolute atomic E-state index is 13.2. The minimum Gasteiger partial charge on any atom is -0.338 e. The Morgan fingerprint density at radius 3 is 2.89 bits per heavy atom. The van der Waals surface area contributed by atoms with Crippen molar-refractivity contribution in [3.63, 3.8) is 0 Å². The average molecular weight is 311 g/mol. The van der Waals surface area contributed by atoms with E-state index < -0.39 is 0 Å². The lowest BCUT2D eigenvalue weighted by atomic mass is 9.96. The number of rotatable bonds is 5. The molecule has 0 saturated carbocycles. The van der Waals surface area contributed by atoms with Crippen LogP contribution in [0.5, 0.6) is 0 Å². The third-order valence-electron chi connectivity index (χ3n) is 3.14. The second-order valence-corrected chi connectivity index (χ2v) is 5.05. The van der Waals surface area contributed by atoms with E-state index in [9.17, 15) is 4.39 Å². The summed E-state index contributed by atoms with van der Waals surface area (Å²) in [6.07, 6.45) is 5.61. The first-order valence-electron chi connectivity index (χ1n) is 5.98. The number of hydrogen-bond acceptors (Lipinski definition) is 1. The van der Waals surface area contributed by atoms with Crippen LogP contribution in [-0.4, -0.2) is 14.9 Å². The predicted octanol–water partition coefficient (Wildman–Crippen LogP) is 3.67. The normalized spacial score (nSPS) is 12.6. The van der Waals surface area contributed by atoms with Gasteiger partial charge in [-0.15, -0.1) is 0 Å². The van der Waals surface area contributed by atoms with Gasteiger partial charge in [-0.1, -0.05) is 28.1 Å². The minimum atomic E-state index is -0.171. The Kier molecular flexibility index (Phi) is 4.53. The van der Waals surface area contributed by atoms with Crippen molar-refractivity contribution >= 4 is 15.9 Å². The van der Waals surface area contributed by atoms with Gasteiger partial charge in [0, 0.05) is 31.2 Å². The molecule has 2 nitrogen and oxygen atoms in total. The molecule has 1 aromatic heterocycles. The molecule has 1 atom stereocenters. The molecule has 0 fully saturated rings. The number of halogens is 2. The molecular weight excluding hydrogens is 295 g/mol. The summed E-state index contributed by atoms with van der Waals surface area (Å²) >= 11 is 3.51. The van der Waals surface area contributed by atoms with Crippen molar-refractivity contribution in [3.8, 4) is 0 Å². The highest BCUT2D eigenvalue weighted by Crippen LogP contribution is 2.24. The molecule has 1 unspecified atom stereocenters. The molecule has 0 radical (unpaired) electrons. The Hall–Kier alpha value is -1.16. The van der Waals surface area contributed by atoms with Crippen molar-refractivity contribution in [1.29, 1.82) is 0 Å². The Labute approximate surface area is 115 Å². The van der Waals surface area contributed by atoms with Crippen LogP contribution in [0.1, 0.15) is 23.7 Å². The zero-order chi connectivity index (χ0) is 13.0. The number of hydrogen-bond donors (Lipinski definition) is 0. The molecule has 0 bridgehead atoms. The molecule has 0 N–H and O–H groups in total. The summed E-state index contributed by atoms with van der Waals surface area (Å²) in [4.78, 5) is 4.31. The summed E-state index contributed by atoms with van der Waals surface area (Å²) in [5.74, 6) is 1.21. The minimum absolute atomic E-state index is 0.171. The highest BCUT2D eigenvalue weighted by Gasteiger charge is 2.12. The van der Waals surface area contributed by atoms with Crippen LogP contribution < -0.4 is 0 Å². The second kappa shape index (κ2) is 6.14. The predicted molar refractivity (Wildman–Crippen MR) is 74.5 cm³/mol. The number of alkyl halides is 1. The van der Waals surface area contributed by atoms with E-state index in [1.807, 2.05) is 23.9 Å². The molecule has 0 aliphatic rings. The van der Waals surface area contributed by atoms with Crippen molar-refractivity contribution in [2.45, 2.75) is 18.8 Å². The highest BCUT2D eigenvalue weighted by molar-refractivity contribution is 9.09. The molecule has 1 aromatic carbocycles. The van der Waals surface area contributed by atoms with Gasteiger partial charge in [0.25, 0.3) is 0 Å². The molecule has 4 heteroatoms. The lowest BCUT2D eigenvalue weighted by Crippen LogP contribution is -2.05. The fourth-order valence-electron chi connectivity index (χ4n) is 2.03. The van der Waals surface area contributed by atoms with E-state index in [0.29, 0.717) is 5.92 Å². The average Bonchev–Trinajstić information content (AvgIpc) is 2.76. The molecule has 2 rings (SSSR count). The van der Waals surface area contributed by atoms with Crippen LogP contribution in [0.2, 0.25) is 0 Å². The summed E-state index contributed by atoms with van der Waals surface area (Å²) in [5.41, 5.74) is 1.04. The third kappa shape index (κ3) is 3.19. The summed E-state index contributed by atoms with van der Waals surface area (Å²) < 4.78 is 15.2.